The lowest BCUT2D eigenvalue weighted by atomic mass is 10.0. The second-order valence-electron chi connectivity index (χ2n) is 3.96. The summed E-state index contributed by atoms with van der Waals surface area (Å²) >= 11 is 21.3. The minimum Gasteiger partial charge on any atom is -0.294 e. The zero-order valence-electron chi connectivity index (χ0n) is 9.59. The molecule has 0 N–H and O–H groups in total. The molecule has 0 radical (unpaired) electrons. The molecule has 0 saturated carbocycles. The maximum Gasteiger partial charge on any atom is 0.168 e. The first-order chi connectivity index (χ1) is 8.97. The van der Waals surface area contributed by atoms with E-state index >= 15 is 0 Å². The summed E-state index contributed by atoms with van der Waals surface area (Å²) in [5, 5.41) is 1.41. The van der Waals surface area contributed by atoms with Crippen LogP contribution in [0.1, 0.15) is 15.9 Å². The van der Waals surface area contributed by atoms with Crippen LogP contribution in [0.4, 0.5) is 0 Å². The predicted molar refractivity (Wildman–Crippen MR) is 83.6 cm³/mol. The third-order valence-corrected chi connectivity index (χ3v) is 4.00. The Balaban J connectivity index is 2.28. The molecule has 2 aromatic rings. The summed E-state index contributed by atoms with van der Waals surface area (Å²) in [4.78, 5) is 12.2. The lowest BCUT2D eigenvalue weighted by Crippen LogP contribution is -2.05. The van der Waals surface area contributed by atoms with Crippen LogP contribution in [0.3, 0.4) is 0 Å². The van der Waals surface area contributed by atoms with Gasteiger partial charge < -0.3 is 0 Å². The predicted octanol–water partition coefficient (Wildman–Crippen LogP) is 5.83. The number of halogens is 4. The van der Waals surface area contributed by atoms with E-state index in [1.807, 2.05) is 12.1 Å². The molecule has 0 aromatic heterocycles. The van der Waals surface area contributed by atoms with Gasteiger partial charge >= 0.3 is 0 Å². The lowest BCUT2D eigenvalue weighted by molar-refractivity contribution is 0.0993. The van der Waals surface area contributed by atoms with Crippen LogP contribution < -0.4 is 0 Å². The Morgan fingerprint density at radius 1 is 1.00 bits per heavy atom. The van der Waals surface area contributed by atoms with Crippen molar-refractivity contribution in [3.8, 4) is 0 Å². The molecular formula is C14H8BrCl3O. The fourth-order valence-corrected chi connectivity index (χ4v) is 2.78. The van der Waals surface area contributed by atoms with Gasteiger partial charge in [0, 0.05) is 26.5 Å². The van der Waals surface area contributed by atoms with E-state index in [1.165, 1.54) is 0 Å². The summed E-state index contributed by atoms with van der Waals surface area (Å²) in [6.07, 6.45) is 0.187. The number of carbonyl (C=O) groups is 1. The van der Waals surface area contributed by atoms with Gasteiger partial charge in [0.05, 0.1) is 5.02 Å². The van der Waals surface area contributed by atoms with Crippen LogP contribution in [-0.2, 0) is 6.42 Å². The molecule has 1 nitrogen and oxygen atoms in total. The Labute approximate surface area is 134 Å². The molecule has 5 heteroatoms. The molecule has 98 valence electrons. The van der Waals surface area contributed by atoms with Gasteiger partial charge in [-0.3, -0.25) is 4.79 Å². The van der Waals surface area contributed by atoms with E-state index in [0.29, 0.717) is 20.6 Å². The zero-order chi connectivity index (χ0) is 14.0. The van der Waals surface area contributed by atoms with Crippen LogP contribution in [0.25, 0.3) is 0 Å². The SMILES string of the molecule is O=C(Cc1ccc(Br)cc1Cl)c1cc(Cl)ccc1Cl. The second-order valence-corrected chi connectivity index (χ2v) is 6.13. The van der Waals surface area contributed by atoms with Crippen molar-refractivity contribution >= 4 is 56.5 Å². The quantitative estimate of drug-likeness (QED) is 0.614. The van der Waals surface area contributed by atoms with Crippen LogP contribution in [-0.4, -0.2) is 5.78 Å². The Hall–Kier alpha value is -0.540. The minimum absolute atomic E-state index is 0.114. The molecule has 0 aliphatic heterocycles. The third kappa shape index (κ3) is 3.73. The Bertz CT molecular complexity index is 641. The van der Waals surface area contributed by atoms with Gasteiger partial charge in [0.1, 0.15) is 0 Å². The van der Waals surface area contributed by atoms with Gasteiger partial charge in [0.15, 0.2) is 5.78 Å². The summed E-state index contributed by atoms with van der Waals surface area (Å²) in [6, 6.07) is 10.2. The van der Waals surface area contributed by atoms with Crippen molar-refractivity contribution in [3.05, 3.63) is 67.1 Å². The highest BCUT2D eigenvalue weighted by Crippen LogP contribution is 2.25. The van der Waals surface area contributed by atoms with Crippen molar-refractivity contribution in [3.63, 3.8) is 0 Å². The number of rotatable bonds is 3. The van der Waals surface area contributed by atoms with Crippen LogP contribution in [0.15, 0.2) is 40.9 Å². The molecule has 0 saturated heterocycles. The highest BCUT2D eigenvalue weighted by Gasteiger charge is 2.13. The summed E-state index contributed by atoms with van der Waals surface area (Å²) in [5.41, 5.74) is 1.17. The van der Waals surface area contributed by atoms with E-state index in [-0.39, 0.29) is 12.2 Å². The van der Waals surface area contributed by atoms with E-state index in [0.717, 1.165) is 10.0 Å². The second kappa shape index (κ2) is 6.27. The lowest BCUT2D eigenvalue weighted by Gasteiger charge is -2.06. The van der Waals surface area contributed by atoms with Gasteiger partial charge in [-0.2, -0.15) is 0 Å². The molecule has 19 heavy (non-hydrogen) atoms. The number of benzene rings is 2. The van der Waals surface area contributed by atoms with Gasteiger partial charge in [-0.1, -0.05) is 56.8 Å². The Morgan fingerprint density at radius 2 is 1.74 bits per heavy atom. The molecule has 2 rings (SSSR count). The van der Waals surface area contributed by atoms with Crippen LogP contribution in [0, 0.1) is 0 Å². The zero-order valence-corrected chi connectivity index (χ0v) is 13.4. The molecule has 0 fully saturated rings. The van der Waals surface area contributed by atoms with Crippen LogP contribution >= 0.6 is 50.7 Å². The first-order valence-corrected chi connectivity index (χ1v) is 7.32. The molecule has 0 spiro atoms. The van der Waals surface area contributed by atoms with E-state index in [9.17, 15) is 4.79 Å². The molecule has 0 aliphatic rings. The van der Waals surface area contributed by atoms with E-state index in [1.54, 1.807) is 24.3 Å². The number of ketones is 1. The standard InChI is InChI=1S/C14H8BrCl3O/c15-9-2-1-8(13(18)6-9)5-14(19)11-7-10(16)3-4-12(11)17/h1-4,6-7H,5H2. The molecule has 0 atom stereocenters. The van der Waals surface area contributed by atoms with Gasteiger partial charge in [-0.15, -0.1) is 0 Å². The van der Waals surface area contributed by atoms with Crippen LogP contribution in [0.2, 0.25) is 15.1 Å². The number of hydrogen-bond donors (Lipinski definition) is 0. The van der Waals surface area contributed by atoms with E-state index in [4.69, 9.17) is 34.8 Å². The highest BCUT2D eigenvalue weighted by atomic mass is 79.9. The number of carbonyl (C=O) groups excluding carboxylic acids is 1. The van der Waals surface area contributed by atoms with E-state index in [2.05, 4.69) is 15.9 Å². The first-order valence-electron chi connectivity index (χ1n) is 5.39. The first kappa shape index (κ1) is 14.9. The molecule has 0 unspecified atom stereocenters. The maximum absolute atomic E-state index is 12.2. The van der Waals surface area contributed by atoms with Crippen LogP contribution in [0.5, 0.6) is 0 Å². The average molecular weight is 378 g/mol. The van der Waals surface area contributed by atoms with Gasteiger partial charge in [-0.05, 0) is 35.9 Å². The normalized spacial score (nSPS) is 10.5. The molecule has 2 aromatic carbocycles. The van der Waals surface area contributed by atoms with Crippen molar-refractivity contribution in [2.75, 3.05) is 0 Å². The number of Topliss-reactive ketones (excluding diaryl/α,β-unsaturated/α-hetero) is 1. The Morgan fingerprint density at radius 3 is 2.42 bits per heavy atom. The molecule has 0 amide bonds. The smallest absolute Gasteiger partial charge is 0.168 e. The van der Waals surface area contributed by atoms with E-state index < -0.39 is 0 Å². The van der Waals surface area contributed by atoms with Crippen molar-refractivity contribution in [1.82, 2.24) is 0 Å². The topological polar surface area (TPSA) is 17.1 Å². The fourth-order valence-electron chi connectivity index (χ4n) is 1.64. The van der Waals surface area contributed by atoms with Crippen molar-refractivity contribution in [2.24, 2.45) is 0 Å². The largest absolute Gasteiger partial charge is 0.294 e. The fraction of sp³-hybridized carbons (Fsp3) is 0.0714. The maximum atomic E-state index is 12.2. The molecular weight excluding hydrogens is 370 g/mol. The summed E-state index contributed by atoms with van der Waals surface area (Å²) < 4.78 is 0.870. The number of hydrogen-bond acceptors (Lipinski definition) is 1. The van der Waals surface area contributed by atoms with Gasteiger partial charge in [-0.25, -0.2) is 0 Å². The molecule has 0 heterocycles. The summed E-state index contributed by atoms with van der Waals surface area (Å²) in [5.74, 6) is -0.114. The summed E-state index contributed by atoms with van der Waals surface area (Å²) in [7, 11) is 0. The van der Waals surface area contributed by atoms with Crippen molar-refractivity contribution in [1.29, 1.82) is 0 Å². The molecule has 0 aliphatic carbocycles. The van der Waals surface area contributed by atoms with Crippen molar-refractivity contribution < 1.29 is 4.79 Å². The summed E-state index contributed by atoms with van der Waals surface area (Å²) in [6.45, 7) is 0. The average Bonchev–Trinajstić information content (AvgIpc) is 2.35. The van der Waals surface area contributed by atoms with Gasteiger partial charge in [0.25, 0.3) is 0 Å². The minimum atomic E-state index is -0.114. The van der Waals surface area contributed by atoms with Crippen molar-refractivity contribution in [2.45, 2.75) is 6.42 Å². The third-order valence-electron chi connectivity index (χ3n) is 2.59. The van der Waals surface area contributed by atoms with Gasteiger partial charge in [0.2, 0.25) is 0 Å². The highest BCUT2D eigenvalue weighted by molar-refractivity contribution is 9.10. The monoisotopic (exact) mass is 376 g/mol. The Kier molecular flexibility index (Phi) is 4.91. The molecule has 0 bridgehead atoms.